The molecule has 0 amide bonds. The number of rotatable bonds is 0. The normalized spacial score (nSPS) is 10.5. The molecule has 1 aromatic heterocycles. The van der Waals surface area contributed by atoms with Crippen molar-refractivity contribution in [1.29, 1.82) is 0 Å². The highest BCUT2D eigenvalue weighted by molar-refractivity contribution is 7.17. The van der Waals surface area contributed by atoms with E-state index in [1.54, 1.807) is 11.6 Å². The molecule has 0 radical (unpaired) electrons. The first-order valence-corrected chi connectivity index (χ1v) is 4.04. The second kappa shape index (κ2) is 2.10. The summed E-state index contributed by atoms with van der Waals surface area (Å²) >= 11 is 1.51. The molecule has 0 aliphatic carbocycles. The molecular formula is C7H7N3S. The van der Waals surface area contributed by atoms with Crippen molar-refractivity contribution in [2.24, 2.45) is 0 Å². The number of nitrogen functional groups attached to an aromatic ring is 2. The maximum Gasteiger partial charge on any atom is 0.0834 e. The Morgan fingerprint density at radius 1 is 1.27 bits per heavy atom. The molecule has 0 unspecified atom stereocenters. The van der Waals surface area contributed by atoms with E-state index in [9.17, 15) is 0 Å². The third-order valence-corrected chi connectivity index (χ3v) is 2.45. The molecule has 4 heteroatoms. The smallest absolute Gasteiger partial charge is 0.0834 e. The Morgan fingerprint density at radius 2 is 2.09 bits per heavy atom. The van der Waals surface area contributed by atoms with Gasteiger partial charge in [-0.25, -0.2) is 4.98 Å². The lowest BCUT2D eigenvalue weighted by atomic mass is 10.2. The van der Waals surface area contributed by atoms with Crippen LogP contribution in [0, 0.1) is 0 Å². The topological polar surface area (TPSA) is 64.9 Å². The van der Waals surface area contributed by atoms with Crippen molar-refractivity contribution >= 4 is 32.9 Å². The summed E-state index contributed by atoms with van der Waals surface area (Å²) in [6.07, 6.45) is 0. The van der Waals surface area contributed by atoms with Gasteiger partial charge in [0.1, 0.15) is 0 Å². The van der Waals surface area contributed by atoms with E-state index in [0.717, 1.165) is 10.2 Å². The first-order chi connectivity index (χ1) is 5.29. The molecule has 0 aliphatic heterocycles. The molecule has 56 valence electrons. The highest BCUT2D eigenvalue weighted by Crippen LogP contribution is 2.28. The lowest BCUT2D eigenvalue weighted by Gasteiger charge is -1.98. The minimum atomic E-state index is 0.627. The molecule has 0 fully saturated rings. The van der Waals surface area contributed by atoms with Crippen LogP contribution >= 0.6 is 11.3 Å². The third-order valence-electron chi connectivity index (χ3n) is 1.57. The minimum absolute atomic E-state index is 0.627. The third kappa shape index (κ3) is 0.832. The Bertz CT molecular complexity index is 393. The van der Waals surface area contributed by atoms with Crippen LogP contribution in [0.2, 0.25) is 0 Å². The summed E-state index contributed by atoms with van der Waals surface area (Å²) < 4.78 is 0.977. The number of hydrogen-bond donors (Lipinski definition) is 2. The molecule has 2 aromatic rings. The van der Waals surface area contributed by atoms with Gasteiger partial charge in [0.05, 0.1) is 27.1 Å². The molecular weight excluding hydrogens is 158 g/mol. The summed E-state index contributed by atoms with van der Waals surface area (Å²) in [7, 11) is 0. The van der Waals surface area contributed by atoms with Gasteiger partial charge in [-0.1, -0.05) is 0 Å². The van der Waals surface area contributed by atoms with Gasteiger partial charge in [-0.3, -0.25) is 0 Å². The molecule has 3 nitrogen and oxygen atoms in total. The molecule has 4 N–H and O–H groups in total. The Kier molecular flexibility index (Phi) is 1.22. The molecule has 0 aliphatic rings. The summed E-state index contributed by atoms with van der Waals surface area (Å²) in [4.78, 5) is 4.10. The summed E-state index contributed by atoms with van der Waals surface area (Å²) in [6, 6.07) is 3.65. The standard InChI is InChI=1S/C7H7N3S/c8-4-1-2-5-7(6(4)9)11-3-10-5/h1-3H,8-9H2. The highest BCUT2D eigenvalue weighted by atomic mass is 32.1. The van der Waals surface area contributed by atoms with Crippen LogP contribution in [0.1, 0.15) is 0 Å². The van der Waals surface area contributed by atoms with E-state index >= 15 is 0 Å². The molecule has 1 aromatic carbocycles. The quantitative estimate of drug-likeness (QED) is 0.581. The maximum atomic E-state index is 5.71. The van der Waals surface area contributed by atoms with E-state index in [1.807, 2.05) is 6.07 Å². The zero-order chi connectivity index (χ0) is 7.84. The average Bonchev–Trinajstić information content (AvgIpc) is 2.45. The Labute approximate surface area is 67.7 Å². The zero-order valence-corrected chi connectivity index (χ0v) is 6.56. The first-order valence-electron chi connectivity index (χ1n) is 3.16. The number of anilines is 2. The van der Waals surface area contributed by atoms with Crippen LogP contribution in [-0.2, 0) is 0 Å². The van der Waals surface area contributed by atoms with Crippen molar-refractivity contribution in [3.63, 3.8) is 0 Å². The molecule has 0 spiro atoms. The molecule has 0 atom stereocenters. The maximum absolute atomic E-state index is 5.71. The van der Waals surface area contributed by atoms with Crippen molar-refractivity contribution in [1.82, 2.24) is 4.98 Å². The fourth-order valence-corrected chi connectivity index (χ4v) is 1.72. The van der Waals surface area contributed by atoms with E-state index in [0.29, 0.717) is 11.4 Å². The van der Waals surface area contributed by atoms with Gasteiger partial charge in [0.25, 0.3) is 0 Å². The Hall–Kier alpha value is -1.29. The van der Waals surface area contributed by atoms with Crippen LogP contribution in [0.3, 0.4) is 0 Å². The molecule has 1 heterocycles. The lowest BCUT2D eigenvalue weighted by molar-refractivity contribution is 1.50. The summed E-state index contributed by atoms with van der Waals surface area (Å²) in [5.74, 6) is 0. The Balaban J connectivity index is 2.93. The van der Waals surface area contributed by atoms with E-state index in [2.05, 4.69) is 4.98 Å². The van der Waals surface area contributed by atoms with E-state index in [-0.39, 0.29) is 0 Å². The number of benzene rings is 1. The van der Waals surface area contributed by atoms with Crippen LogP contribution in [0.25, 0.3) is 10.2 Å². The highest BCUT2D eigenvalue weighted by Gasteiger charge is 2.02. The first kappa shape index (κ1) is 6.42. The van der Waals surface area contributed by atoms with Gasteiger partial charge in [0.15, 0.2) is 0 Å². The van der Waals surface area contributed by atoms with Crippen LogP contribution < -0.4 is 11.5 Å². The SMILES string of the molecule is Nc1ccc2ncsc2c1N. The van der Waals surface area contributed by atoms with Crippen LogP contribution in [-0.4, -0.2) is 4.98 Å². The molecule has 11 heavy (non-hydrogen) atoms. The van der Waals surface area contributed by atoms with Crippen LogP contribution in [0.5, 0.6) is 0 Å². The minimum Gasteiger partial charge on any atom is -0.397 e. The fourth-order valence-electron chi connectivity index (χ4n) is 0.965. The van der Waals surface area contributed by atoms with Crippen LogP contribution in [0.15, 0.2) is 17.6 Å². The van der Waals surface area contributed by atoms with Crippen molar-refractivity contribution < 1.29 is 0 Å². The Morgan fingerprint density at radius 3 is 2.91 bits per heavy atom. The molecule has 0 saturated carbocycles. The molecule has 2 rings (SSSR count). The number of nitrogens with zero attached hydrogens (tertiary/aromatic N) is 1. The molecule has 0 bridgehead atoms. The zero-order valence-electron chi connectivity index (χ0n) is 5.74. The van der Waals surface area contributed by atoms with E-state index in [4.69, 9.17) is 11.5 Å². The van der Waals surface area contributed by atoms with Gasteiger partial charge >= 0.3 is 0 Å². The van der Waals surface area contributed by atoms with E-state index < -0.39 is 0 Å². The van der Waals surface area contributed by atoms with Crippen molar-refractivity contribution in [3.8, 4) is 0 Å². The summed E-state index contributed by atoms with van der Waals surface area (Å²) in [6.45, 7) is 0. The second-order valence-electron chi connectivity index (χ2n) is 2.27. The van der Waals surface area contributed by atoms with Gasteiger partial charge in [-0.15, -0.1) is 11.3 Å². The average molecular weight is 165 g/mol. The monoisotopic (exact) mass is 165 g/mol. The predicted octanol–water partition coefficient (Wildman–Crippen LogP) is 1.46. The fraction of sp³-hybridized carbons (Fsp3) is 0. The second-order valence-corrected chi connectivity index (χ2v) is 3.12. The van der Waals surface area contributed by atoms with Gasteiger partial charge in [-0.2, -0.15) is 0 Å². The number of hydrogen-bond acceptors (Lipinski definition) is 4. The molecule has 0 saturated heterocycles. The van der Waals surface area contributed by atoms with E-state index in [1.165, 1.54) is 11.3 Å². The number of thiazole rings is 1. The summed E-state index contributed by atoms with van der Waals surface area (Å²) in [5.41, 5.74) is 15.3. The number of aromatic nitrogens is 1. The van der Waals surface area contributed by atoms with Gasteiger partial charge in [-0.05, 0) is 12.1 Å². The van der Waals surface area contributed by atoms with Crippen molar-refractivity contribution in [2.45, 2.75) is 0 Å². The van der Waals surface area contributed by atoms with Gasteiger partial charge in [0.2, 0.25) is 0 Å². The summed E-state index contributed by atoms with van der Waals surface area (Å²) in [5, 5.41) is 0. The van der Waals surface area contributed by atoms with Crippen molar-refractivity contribution in [2.75, 3.05) is 11.5 Å². The van der Waals surface area contributed by atoms with Crippen molar-refractivity contribution in [3.05, 3.63) is 17.6 Å². The number of nitrogens with two attached hydrogens (primary N) is 2. The predicted molar refractivity (Wildman–Crippen MR) is 48.4 cm³/mol. The largest absolute Gasteiger partial charge is 0.397 e. The lowest BCUT2D eigenvalue weighted by Crippen LogP contribution is -1.93. The number of fused-ring (bicyclic) bond motifs is 1. The van der Waals surface area contributed by atoms with Gasteiger partial charge < -0.3 is 11.5 Å². The van der Waals surface area contributed by atoms with Crippen LogP contribution in [0.4, 0.5) is 11.4 Å². The van der Waals surface area contributed by atoms with Gasteiger partial charge in [0, 0.05) is 0 Å².